The van der Waals surface area contributed by atoms with E-state index in [-0.39, 0.29) is 13.0 Å². The zero-order valence-corrected chi connectivity index (χ0v) is 13.4. The molecular weight excluding hydrogens is 352 g/mol. The normalized spacial score (nSPS) is 29.0. The van der Waals surface area contributed by atoms with Gasteiger partial charge in [0.15, 0.2) is 6.23 Å². The molecule has 0 bridgehead atoms. The monoisotopic (exact) mass is 370 g/mol. The Morgan fingerprint density at radius 2 is 1.77 bits per heavy atom. The molecule has 1 aliphatic heterocycles. The van der Waals surface area contributed by atoms with E-state index in [1.54, 1.807) is 0 Å². The van der Waals surface area contributed by atoms with E-state index in [0.29, 0.717) is 11.4 Å². The van der Waals surface area contributed by atoms with Gasteiger partial charge in [0.05, 0.1) is 24.2 Å². The van der Waals surface area contributed by atoms with Gasteiger partial charge < -0.3 is 30.3 Å². The smallest absolute Gasteiger partial charge is 0.325 e. The fourth-order valence-corrected chi connectivity index (χ4v) is 2.64. The predicted octanol–water partition coefficient (Wildman–Crippen LogP) is -3.48. The van der Waals surface area contributed by atoms with Gasteiger partial charge in [-0.1, -0.05) is 10.4 Å². The van der Waals surface area contributed by atoms with Gasteiger partial charge in [-0.15, -0.1) is 10.2 Å². The SMILES string of the molecule is O=C(O)Cn1cc(Cc2cn([C@@H]3O[C@H](CO)[C@H](O)[C@H](O)[C@H]3O)nn2)nn1. The highest BCUT2D eigenvalue weighted by Gasteiger charge is 2.44. The molecule has 0 spiro atoms. The molecule has 0 radical (unpaired) electrons. The number of hydrogen-bond donors (Lipinski definition) is 5. The zero-order chi connectivity index (χ0) is 18.8. The first-order chi connectivity index (χ1) is 12.4. The van der Waals surface area contributed by atoms with Crippen LogP contribution in [0.2, 0.25) is 0 Å². The first-order valence-corrected chi connectivity index (χ1v) is 7.71. The number of hydrogen-bond acceptors (Lipinski definition) is 10. The average molecular weight is 370 g/mol. The van der Waals surface area contributed by atoms with Gasteiger partial charge in [-0.25, -0.2) is 9.36 Å². The number of carbonyl (C=O) groups is 1. The fourth-order valence-electron chi connectivity index (χ4n) is 2.64. The van der Waals surface area contributed by atoms with Crippen LogP contribution in [0.3, 0.4) is 0 Å². The molecule has 2 aromatic rings. The Bertz CT molecular complexity index is 762. The van der Waals surface area contributed by atoms with E-state index in [1.165, 1.54) is 21.8 Å². The van der Waals surface area contributed by atoms with Crippen LogP contribution >= 0.6 is 0 Å². The van der Waals surface area contributed by atoms with Crippen molar-refractivity contribution in [2.75, 3.05) is 6.61 Å². The summed E-state index contributed by atoms with van der Waals surface area (Å²) in [5, 5.41) is 62.9. The first kappa shape index (κ1) is 18.3. The average Bonchev–Trinajstić information content (AvgIpc) is 3.22. The van der Waals surface area contributed by atoms with Gasteiger partial charge in [0.1, 0.15) is 31.0 Å². The third kappa shape index (κ3) is 3.71. The van der Waals surface area contributed by atoms with Crippen molar-refractivity contribution in [3.05, 3.63) is 23.8 Å². The van der Waals surface area contributed by atoms with Crippen LogP contribution in [0, 0.1) is 0 Å². The van der Waals surface area contributed by atoms with Crippen molar-refractivity contribution in [1.82, 2.24) is 30.0 Å². The van der Waals surface area contributed by atoms with Crippen LogP contribution in [0.25, 0.3) is 0 Å². The molecule has 5 N–H and O–H groups in total. The Balaban J connectivity index is 1.71. The lowest BCUT2D eigenvalue weighted by molar-refractivity contribution is -0.254. The lowest BCUT2D eigenvalue weighted by atomic mass is 9.98. The Kier molecular flexibility index (Phi) is 5.24. The number of carboxylic acid groups (broad SMARTS) is 1. The van der Waals surface area contributed by atoms with Crippen LogP contribution in [0.1, 0.15) is 17.6 Å². The van der Waals surface area contributed by atoms with Gasteiger partial charge in [0.25, 0.3) is 0 Å². The highest BCUT2D eigenvalue weighted by atomic mass is 16.6. The van der Waals surface area contributed by atoms with Crippen LogP contribution in [-0.2, 0) is 22.5 Å². The van der Waals surface area contributed by atoms with E-state index in [1.807, 2.05) is 0 Å². The van der Waals surface area contributed by atoms with Crippen molar-refractivity contribution in [2.45, 2.75) is 43.6 Å². The minimum atomic E-state index is -1.52. The van der Waals surface area contributed by atoms with Crippen LogP contribution in [0.5, 0.6) is 0 Å². The molecule has 1 saturated heterocycles. The van der Waals surface area contributed by atoms with Crippen molar-refractivity contribution in [3.8, 4) is 0 Å². The van der Waals surface area contributed by atoms with E-state index in [9.17, 15) is 25.2 Å². The summed E-state index contributed by atoms with van der Waals surface area (Å²) in [4.78, 5) is 10.6. The number of aliphatic hydroxyl groups is 4. The molecule has 1 aliphatic rings. The Labute approximate surface area is 146 Å². The predicted molar refractivity (Wildman–Crippen MR) is 79.5 cm³/mol. The minimum absolute atomic E-state index is 0.205. The Hall–Kier alpha value is -2.45. The maximum absolute atomic E-state index is 10.6. The topological polar surface area (TPSA) is 189 Å². The Morgan fingerprint density at radius 3 is 2.46 bits per heavy atom. The number of aliphatic hydroxyl groups excluding tert-OH is 4. The van der Waals surface area contributed by atoms with Crippen molar-refractivity contribution < 1.29 is 35.1 Å². The van der Waals surface area contributed by atoms with E-state index in [4.69, 9.17) is 9.84 Å². The lowest BCUT2D eigenvalue weighted by Gasteiger charge is -2.39. The number of rotatable bonds is 6. The third-order valence-electron chi connectivity index (χ3n) is 3.93. The van der Waals surface area contributed by atoms with Gasteiger partial charge >= 0.3 is 5.97 Å². The van der Waals surface area contributed by atoms with Gasteiger partial charge in [-0.05, 0) is 0 Å². The highest BCUT2D eigenvalue weighted by Crippen LogP contribution is 2.27. The summed E-state index contributed by atoms with van der Waals surface area (Å²) in [6, 6.07) is 0. The second kappa shape index (κ2) is 7.43. The first-order valence-electron chi connectivity index (χ1n) is 7.71. The maximum atomic E-state index is 10.6. The van der Waals surface area contributed by atoms with E-state index in [2.05, 4.69) is 20.6 Å². The zero-order valence-electron chi connectivity index (χ0n) is 13.4. The van der Waals surface area contributed by atoms with E-state index in [0.717, 1.165) is 0 Å². The Morgan fingerprint density at radius 1 is 1.08 bits per heavy atom. The van der Waals surface area contributed by atoms with Crippen molar-refractivity contribution in [3.63, 3.8) is 0 Å². The molecule has 13 heteroatoms. The van der Waals surface area contributed by atoms with Crippen LogP contribution < -0.4 is 0 Å². The lowest BCUT2D eigenvalue weighted by Crippen LogP contribution is -2.56. The maximum Gasteiger partial charge on any atom is 0.325 e. The molecule has 0 unspecified atom stereocenters. The molecule has 0 aromatic carbocycles. The van der Waals surface area contributed by atoms with Crippen LogP contribution in [0.15, 0.2) is 12.4 Å². The fraction of sp³-hybridized carbons (Fsp3) is 0.615. The standard InChI is InChI=1S/C13H18N6O7/c20-5-8-10(23)11(24)12(25)13(26-8)19-3-7(15-17-19)1-6-2-18(16-14-6)4-9(21)22/h2-3,8,10-13,20,23-25H,1,4-5H2,(H,21,22)/t8-,10+,11+,12-,13-/m1/s1. The number of nitrogens with zero attached hydrogens (tertiary/aromatic N) is 6. The number of aliphatic carboxylic acids is 1. The molecule has 3 rings (SSSR count). The molecular formula is C13H18N6O7. The minimum Gasteiger partial charge on any atom is -0.480 e. The summed E-state index contributed by atoms with van der Waals surface area (Å²) in [6.45, 7) is -0.861. The van der Waals surface area contributed by atoms with Gasteiger partial charge in [0.2, 0.25) is 0 Å². The van der Waals surface area contributed by atoms with Crippen LogP contribution in [0.4, 0.5) is 0 Å². The molecule has 5 atom stereocenters. The molecule has 0 aliphatic carbocycles. The molecule has 2 aromatic heterocycles. The summed E-state index contributed by atoms with van der Waals surface area (Å²) in [5.41, 5.74) is 0.899. The molecule has 0 saturated carbocycles. The third-order valence-corrected chi connectivity index (χ3v) is 3.93. The summed E-state index contributed by atoms with van der Waals surface area (Å²) in [7, 11) is 0. The van der Waals surface area contributed by atoms with E-state index < -0.39 is 43.2 Å². The van der Waals surface area contributed by atoms with Gasteiger partial charge in [0, 0.05) is 12.6 Å². The summed E-state index contributed by atoms with van der Waals surface area (Å²) >= 11 is 0. The second-order valence-corrected chi connectivity index (χ2v) is 5.89. The summed E-state index contributed by atoms with van der Waals surface area (Å²) in [6.07, 6.45) is -3.54. The number of ether oxygens (including phenoxy) is 1. The van der Waals surface area contributed by atoms with Crippen LogP contribution in [-0.4, -0.2) is 92.5 Å². The highest BCUT2D eigenvalue weighted by molar-refractivity contribution is 5.66. The quantitative estimate of drug-likeness (QED) is 0.339. The van der Waals surface area contributed by atoms with Crippen molar-refractivity contribution in [1.29, 1.82) is 0 Å². The number of carboxylic acids is 1. The number of aromatic nitrogens is 6. The molecule has 142 valence electrons. The summed E-state index contributed by atoms with van der Waals surface area (Å²) < 4.78 is 7.71. The molecule has 3 heterocycles. The second-order valence-electron chi connectivity index (χ2n) is 5.89. The molecule has 0 amide bonds. The van der Waals surface area contributed by atoms with Gasteiger partial charge in [-0.3, -0.25) is 4.79 Å². The summed E-state index contributed by atoms with van der Waals surface area (Å²) in [5.74, 6) is -1.05. The van der Waals surface area contributed by atoms with Gasteiger partial charge in [-0.2, -0.15) is 0 Å². The molecule has 13 nitrogen and oxygen atoms in total. The molecule has 26 heavy (non-hydrogen) atoms. The van der Waals surface area contributed by atoms with Crippen molar-refractivity contribution in [2.24, 2.45) is 0 Å². The van der Waals surface area contributed by atoms with Crippen molar-refractivity contribution >= 4 is 5.97 Å². The van der Waals surface area contributed by atoms with E-state index >= 15 is 0 Å². The molecule has 1 fully saturated rings. The largest absolute Gasteiger partial charge is 0.480 e.